The Morgan fingerprint density at radius 3 is 2.68 bits per heavy atom. The molecule has 106 valence electrons. The number of carbonyl (C=O) groups excluding carboxylic acids is 1. The van der Waals surface area contributed by atoms with E-state index < -0.39 is 0 Å². The molecule has 0 unspecified atom stereocenters. The van der Waals surface area contributed by atoms with Crippen molar-refractivity contribution in [2.24, 2.45) is 5.73 Å². The van der Waals surface area contributed by atoms with Gasteiger partial charge in [-0.3, -0.25) is 4.79 Å². The molecule has 0 bridgehead atoms. The summed E-state index contributed by atoms with van der Waals surface area (Å²) in [5.74, 6) is -0.114. The molecule has 0 aromatic heterocycles. The number of benzene rings is 1. The van der Waals surface area contributed by atoms with Crippen molar-refractivity contribution in [1.82, 2.24) is 5.32 Å². The van der Waals surface area contributed by atoms with Gasteiger partial charge in [-0.15, -0.1) is 0 Å². The third kappa shape index (κ3) is 8.31. The minimum Gasteiger partial charge on any atom is -0.377 e. The van der Waals surface area contributed by atoms with Crippen molar-refractivity contribution < 1.29 is 14.3 Å². The van der Waals surface area contributed by atoms with Crippen molar-refractivity contribution >= 4 is 5.91 Å². The van der Waals surface area contributed by atoms with Gasteiger partial charge in [-0.25, -0.2) is 0 Å². The summed E-state index contributed by atoms with van der Waals surface area (Å²) in [4.78, 5) is 11.3. The van der Waals surface area contributed by atoms with Gasteiger partial charge in [-0.2, -0.15) is 0 Å². The Labute approximate surface area is 114 Å². The van der Waals surface area contributed by atoms with E-state index in [2.05, 4.69) is 5.32 Å². The SMILES string of the molecule is NCCOCC(=O)NCCCOCc1ccccc1. The number of carbonyl (C=O) groups is 1. The molecule has 0 aliphatic rings. The van der Waals surface area contributed by atoms with Crippen molar-refractivity contribution in [2.45, 2.75) is 13.0 Å². The molecule has 5 nitrogen and oxygen atoms in total. The number of nitrogens with one attached hydrogen (secondary N) is 1. The average molecular weight is 266 g/mol. The molecule has 1 amide bonds. The van der Waals surface area contributed by atoms with Gasteiger partial charge < -0.3 is 20.5 Å². The van der Waals surface area contributed by atoms with Crippen LogP contribution in [0.3, 0.4) is 0 Å². The Hall–Kier alpha value is -1.43. The molecule has 19 heavy (non-hydrogen) atoms. The first-order chi connectivity index (χ1) is 9.33. The molecule has 0 atom stereocenters. The molecule has 0 heterocycles. The van der Waals surface area contributed by atoms with Crippen molar-refractivity contribution in [2.75, 3.05) is 32.9 Å². The maximum Gasteiger partial charge on any atom is 0.245 e. The lowest BCUT2D eigenvalue weighted by Crippen LogP contribution is -2.29. The number of ether oxygens (including phenoxy) is 2. The Morgan fingerprint density at radius 1 is 1.16 bits per heavy atom. The first-order valence-corrected chi connectivity index (χ1v) is 6.49. The van der Waals surface area contributed by atoms with Crippen LogP contribution in [0.2, 0.25) is 0 Å². The summed E-state index contributed by atoms with van der Waals surface area (Å²) >= 11 is 0. The van der Waals surface area contributed by atoms with E-state index in [1.54, 1.807) is 0 Å². The van der Waals surface area contributed by atoms with E-state index in [1.807, 2.05) is 30.3 Å². The van der Waals surface area contributed by atoms with Gasteiger partial charge in [0.05, 0.1) is 13.2 Å². The van der Waals surface area contributed by atoms with Gasteiger partial charge in [0.25, 0.3) is 0 Å². The van der Waals surface area contributed by atoms with E-state index in [4.69, 9.17) is 15.2 Å². The number of hydrogen-bond donors (Lipinski definition) is 2. The maximum absolute atomic E-state index is 11.3. The van der Waals surface area contributed by atoms with Gasteiger partial charge in [0, 0.05) is 19.7 Å². The average Bonchev–Trinajstić information content (AvgIpc) is 2.44. The fraction of sp³-hybridized carbons (Fsp3) is 0.500. The van der Waals surface area contributed by atoms with Gasteiger partial charge in [0.2, 0.25) is 5.91 Å². The molecule has 5 heteroatoms. The molecular weight excluding hydrogens is 244 g/mol. The van der Waals surface area contributed by atoms with Crippen LogP contribution in [0.5, 0.6) is 0 Å². The predicted octanol–water partition coefficient (Wildman–Crippen LogP) is 0.685. The summed E-state index contributed by atoms with van der Waals surface area (Å²) in [7, 11) is 0. The minimum absolute atomic E-state index is 0.0715. The van der Waals surface area contributed by atoms with Gasteiger partial charge in [-0.1, -0.05) is 30.3 Å². The van der Waals surface area contributed by atoms with Crippen LogP contribution < -0.4 is 11.1 Å². The first kappa shape index (κ1) is 15.6. The van der Waals surface area contributed by atoms with E-state index in [-0.39, 0.29) is 12.5 Å². The van der Waals surface area contributed by atoms with Crippen LogP contribution in [0.1, 0.15) is 12.0 Å². The van der Waals surface area contributed by atoms with Crippen LogP contribution >= 0.6 is 0 Å². The molecule has 3 N–H and O–H groups in total. The second-order valence-electron chi connectivity index (χ2n) is 4.08. The van der Waals surface area contributed by atoms with Crippen LogP contribution in [0.15, 0.2) is 30.3 Å². The van der Waals surface area contributed by atoms with Gasteiger partial charge >= 0.3 is 0 Å². The molecule has 0 saturated heterocycles. The van der Waals surface area contributed by atoms with Crippen LogP contribution in [0, 0.1) is 0 Å². The zero-order valence-electron chi connectivity index (χ0n) is 11.1. The lowest BCUT2D eigenvalue weighted by molar-refractivity contribution is -0.125. The number of rotatable bonds is 10. The lowest BCUT2D eigenvalue weighted by atomic mass is 10.2. The zero-order valence-corrected chi connectivity index (χ0v) is 11.1. The predicted molar refractivity (Wildman–Crippen MR) is 73.6 cm³/mol. The highest BCUT2D eigenvalue weighted by molar-refractivity contribution is 5.77. The normalized spacial score (nSPS) is 10.4. The summed E-state index contributed by atoms with van der Waals surface area (Å²) in [6.45, 7) is 2.74. The fourth-order valence-electron chi connectivity index (χ4n) is 1.47. The quantitative estimate of drug-likeness (QED) is 0.611. The monoisotopic (exact) mass is 266 g/mol. The van der Waals surface area contributed by atoms with E-state index in [9.17, 15) is 4.79 Å². The Bertz CT molecular complexity index is 344. The molecule has 0 aliphatic heterocycles. The molecule has 0 radical (unpaired) electrons. The standard InChI is InChI=1S/C14H22N2O3/c15-7-10-19-12-14(17)16-8-4-9-18-11-13-5-2-1-3-6-13/h1-3,5-6H,4,7-12,15H2,(H,16,17). The lowest BCUT2D eigenvalue weighted by Gasteiger charge is -2.06. The van der Waals surface area contributed by atoms with Crippen LogP contribution in [-0.4, -0.2) is 38.8 Å². The molecule has 0 spiro atoms. The zero-order chi connectivity index (χ0) is 13.8. The maximum atomic E-state index is 11.3. The molecule has 0 fully saturated rings. The highest BCUT2D eigenvalue weighted by atomic mass is 16.5. The highest BCUT2D eigenvalue weighted by Crippen LogP contribution is 2.00. The second-order valence-corrected chi connectivity index (χ2v) is 4.08. The molecule has 1 rings (SSSR count). The van der Waals surface area contributed by atoms with Gasteiger partial charge in [0.15, 0.2) is 0 Å². The summed E-state index contributed by atoms with van der Waals surface area (Å²) in [5, 5.41) is 2.76. The number of hydrogen-bond acceptors (Lipinski definition) is 4. The topological polar surface area (TPSA) is 73.6 Å². The van der Waals surface area contributed by atoms with E-state index in [0.717, 1.165) is 12.0 Å². The smallest absolute Gasteiger partial charge is 0.245 e. The molecule has 1 aromatic carbocycles. The summed E-state index contributed by atoms with van der Waals surface area (Å²) in [6, 6.07) is 10.00. The highest BCUT2D eigenvalue weighted by Gasteiger charge is 1.99. The summed E-state index contributed by atoms with van der Waals surface area (Å²) in [5.41, 5.74) is 6.40. The van der Waals surface area contributed by atoms with E-state index >= 15 is 0 Å². The molecular formula is C14H22N2O3. The van der Waals surface area contributed by atoms with Crippen LogP contribution in [0.4, 0.5) is 0 Å². The minimum atomic E-state index is -0.114. The Balaban J connectivity index is 1.92. The van der Waals surface area contributed by atoms with Crippen molar-refractivity contribution in [3.05, 3.63) is 35.9 Å². The number of nitrogens with two attached hydrogens (primary N) is 1. The van der Waals surface area contributed by atoms with Crippen molar-refractivity contribution in [1.29, 1.82) is 0 Å². The van der Waals surface area contributed by atoms with Crippen molar-refractivity contribution in [3.8, 4) is 0 Å². The van der Waals surface area contributed by atoms with Gasteiger partial charge in [-0.05, 0) is 12.0 Å². The molecule has 0 saturated carbocycles. The molecule has 1 aromatic rings. The third-order valence-electron chi connectivity index (χ3n) is 2.39. The summed E-state index contributed by atoms with van der Waals surface area (Å²) < 4.78 is 10.5. The second kappa shape index (κ2) is 10.5. The van der Waals surface area contributed by atoms with Crippen molar-refractivity contribution in [3.63, 3.8) is 0 Å². The van der Waals surface area contributed by atoms with E-state index in [1.165, 1.54) is 0 Å². The summed E-state index contributed by atoms with van der Waals surface area (Å²) in [6.07, 6.45) is 0.787. The fourth-order valence-corrected chi connectivity index (χ4v) is 1.47. The molecule has 0 aliphatic carbocycles. The van der Waals surface area contributed by atoms with Gasteiger partial charge in [0.1, 0.15) is 6.61 Å². The Kier molecular flexibility index (Phi) is 8.63. The largest absolute Gasteiger partial charge is 0.377 e. The van der Waals surface area contributed by atoms with Crippen LogP contribution in [-0.2, 0) is 20.9 Å². The number of amides is 1. The van der Waals surface area contributed by atoms with Crippen LogP contribution in [0.25, 0.3) is 0 Å². The first-order valence-electron chi connectivity index (χ1n) is 6.49. The Morgan fingerprint density at radius 2 is 1.95 bits per heavy atom. The third-order valence-corrected chi connectivity index (χ3v) is 2.39. The van der Waals surface area contributed by atoms with E-state index in [0.29, 0.717) is 32.9 Å².